The second kappa shape index (κ2) is 6.81. The normalized spacial score (nSPS) is 13.4. The molecule has 0 saturated carbocycles. The van der Waals surface area contributed by atoms with Crippen LogP contribution in [0.2, 0.25) is 0 Å². The van der Waals surface area contributed by atoms with Gasteiger partial charge in [-0.05, 0) is 36.6 Å². The predicted octanol–water partition coefficient (Wildman–Crippen LogP) is 4.48. The fraction of sp³-hybridized carbons (Fsp3) is 0.136. The molecule has 0 saturated heterocycles. The van der Waals surface area contributed by atoms with Gasteiger partial charge in [0.15, 0.2) is 11.6 Å². The third-order valence-electron chi connectivity index (χ3n) is 4.99. The smallest absolute Gasteiger partial charge is 0.248 e. The van der Waals surface area contributed by atoms with Crippen LogP contribution < -0.4 is 15.4 Å². The molecule has 2 N–H and O–H groups in total. The molecule has 2 aromatic heterocycles. The minimum Gasteiger partial charge on any atom is -0.435 e. The molecule has 6 heteroatoms. The van der Waals surface area contributed by atoms with E-state index in [2.05, 4.69) is 38.1 Å². The highest BCUT2D eigenvalue weighted by Gasteiger charge is 2.23. The van der Waals surface area contributed by atoms with Crippen molar-refractivity contribution in [3.05, 3.63) is 72.7 Å². The summed E-state index contributed by atoms with van der Waals surface area (Å²) >= 11 is 0. The van der Waals surface area contributed by atoms with E-state index in [1.165, 1.54) is 11.9 Å². The minimum atomic E-state index is 0.339. The van der Waals surface area contributed by atoms with Gasteiger partial charge in [0, 0.05) is 23.8 Å². The number of aromatic nitrogens is 3. The number of hydrogen-bond donors (Lipinski definition) is 1. The van der Waals surface area contributed by atoms with Gasteiger partial charge in [-0.2, -0.15) is 4.98 Å². The molecule has 0 atom stereocenters. The van der Waals surface area contributed by atoms with Gasteiger partial charge in [0.1, 0.15) is 17.5 Å². The maximum absolute atomic E-state index is 6.45. The maximum atomic E-state index is 6.45. The lowest BCUT2D eigenvalue weighted by atomic mass is 10.0. The van der Waals surface area contributed by atoms with Crippen molar-refractivity contribution in [3.8, 4) is 11.6 Å². The van der Waals surface area contributed by atoms with E-state index in [0.717, 1.165) is 36.0 Å². The van der Waals surface area contributed by atoms with Crippen LogP contribution in [-0.4, -0.2) is 21.5 Å². The molecule has 0 bridgehead atoms. The average Bonchev–Trinajstić information content (AvgIpc) is 2.75. The molecule has 0 amide bonds. The lowest BCUT2D eigenvalue weighted by Gasteiger charge is -2.31. The summed E-state index contributed by atoms with van der Waals surface area (Å²) in [6.45, 7) is 0.855. The van der Waals surface area contributed by atoms with E-state index in [4.69, 9.17) is 10.5 Å². The van der Waals surface area contributed by atoms with Crippen molar-refractivity contribution in [3.63, 3.8) is 0 Å². The molecule has 6 nitrogen and oxygen atoms in total. The zero-order valence-electron chi connectivity index (χ0n) is 15.2. The van der Waals surface area contributed by atoms with Gasteiger partial charge >= 0.3 is 0 Å². The van der Waals surface area contributed by atoms with E-state index in [1.807, 2.05) is 36.4 Å². The summed E-state index contributed by atoms with van der Waals surface area (Å²) in [5, 5.41) is 0.998. The highest BCUT2D eigenvalue weighted by Crippen LogP contribution is 2.39. The van der Waals surface area contributed by atoms with Gasteiger partial charge in [0.25, 0.3) is 0 Å². The number of benzene rings is 2. The Hall–Kier alpha value is -3.67. The number of nitrogens with two attached hydrogens (primary N) is 1. The molecule has 0 unspecified atom stereocenters. The van der Waals surface area contributed by atoms with Gasteiger partial charge < -0.3 is 15.4 Å². The first-order chi connectivity index (χ1) is 13.8. The fourth-order valence-corrected chi connectivity index (χ4v) is 3.68. The monoisotopic (exact) mass is 369 g/mol. The summed E-state index contributed by atoms with van der Waals surface area (Å²) in [6.07, 6.45) is 5.35. The number of rotatable bonds is 3. The molecular weight excluding hydrogens is 350 g/mol. The van der Waals surface area contributed by atoms with Gasteiger partial charge in [-0.1, -0.05) is 36.4 Å². The molecule has 1 aliphatic rings. The van der Waals surface area contributed by atoms with Gasteiger partial charge in [-0.3, -0.25) is 4.98 Å². The number of para-hydroxylation sites is 2. The van der Waals surface area contributed by atoms with E-state index in [-0.39, 0.29) is 0 Å². The van der Waals surface area contributed by atoms with Crippen LogP contribution in [0.3, 0.4) is 0 Å². The number of hydrogen-bond acceptors (Lipinski definition) is 6. The third kappa shape index (κ3) is 2.79. The molecule has 4 aromatic rings. The number of aryl methyl sites for hydroxylation is 1. The maximum Gasteiger partial charge on any atom is 0.248 e. The molecule has 1 aliphatic heterocycles. The van der Waals surface area contributed by atoms with Crippen LogP contribution in [-0.2, 0) is 6.42 Å². The quantitative estimate of drug-likeness (QED) is 0.574. The van der Waals surface area contributed by atoms with E-state index in [9.17, 15) is 0 Å². The third-order valence-corrected chi connectivity index (χ3v) is 4.99. The zero-order chi connectivity index (χ0) is 18.9. The summed E-state index contributed by atoms with van der Waals surface area (Å²) in [6, 6.07) is 18.0. The number of anilines is 3. The minimum absolute atomic E-state index is 0.339. The fourth-order valence-electron chi connectivity index (χ4n) is 3.68. The van der Waals surface area contributed by atoms with Gasteiger partial charge in [-0.15, -0.1) is 0 Å². The summed E-state index contributed by atoms with van der Waals surface area (Å²) in [4.78, 5) is 15.3. The lowest BCUT2D eigenvalue weighted by molar-refractivity contribution is 0.468. The van der Waals surface area contributed by atoms with Crippen LogP contribution in [0.15, 0.2) is 67.1 Å². The van der Waals surface area contributed by atoms with Crippen molar-refractivity contribution >= 4 is 28.1 Å². The lowest BCUT2D eigenvalue weighted by Crippen LogP contribution is -2.26. The van der Waals surface area contributed by atoms with E-state index in [0.29, 0.717) is 23.1 Å². The topological polar surface area (TPSA) is 77.2 Å². The molecule has 0 radical (unpaired) electrons. The Balaban J connectivity index is 1.55. The molecule has 0 fully saturated rings. The van der Waals surface area contributed by atoms with E-state index in [1.54, 1.807) is 6.20 Å². The SMILES string of the molecule is Nc1c(Oc2cccc3cccnc23)ncnc1N1CCCc2ccccc21. The molecule has 138 valence electrons. The summed E-state index contributed by atoms with van der Waals surface area (Å²) < 4.78 is 6.08. The Bertz CT molecular complexity index is 1160. The van der Waals surface area contributed by atoms with Crippen LogP contribution in [0.1, 0.15) is 12.0 Å². The summed E-state index contributed by atoms with van der Waals surface area (Å²) in [5.74, 6) is 1.63. The van der Waals surface area contributed by atoms with Crippen LogP contribution in [0.5, 0.6) is 11.6 Å². The molecule has 0 aliphatic carbocycles. The Morgan fingerprint density at radius 1 is 0.929 bits per heavy atom. The second-order valence-corrected chi connectivity index (χ2v) is 6.73. The largest absolute Gasteiger partial charge is 0.435 e. The predicted molar refractivity (Wildman–Crippen MR) is 110 cm³/mol. The van der Waals surface area contributed by atoms with E-state index >= 15 is 0 Å². The number of nitrogens with zero attached hydrogens (tertiary/aromatic N) is 4. The molecule has 5 rings (SSSR count). The zero-order valence-corrected chi connectivity index (χ0v) is 15.2. The second-order valence-electron chi connectivity index (χ2n) is 6.73. The van der Waals surface area contributed by atoms with Crippen molar-refractivity contribution in [2.45, 2.75) is 12.8 Å². The Kier molecular flexibility index (Phi) is 4.01. The van der Waals surface area contributed by atoms with Crippen LogP contribution in [0.25, 0.3) is 10.9 Å². The molecule has 3 heterocycles. The van der Waals surface area contributed by atoms with Crippen LogP contribution >= 0.6 is 0 Å². The first-order valence-corrected chi connectivity index (χ1v) is 9.29. The van der Waals surface area contributed by atoms with Crippen molar-refractivity contribution in [2.75, 3.05) is 17.2 Å². The van der Waals surface area contributed by atoms with E-state index < -0.39 is 0 Å². The van der Waals surface area contributed by atoms with Gasteiger partial charge in [0.2, 0.25) is 5.88 Å². The molecule has 2 aromatic carbocycles. The molecular formula is C22H19N5O. The Morgan fingerprint density at radius 2 is 1.82 bits per heavy atom. The number of nitrogen functional groups attached to an aromatic ring is 1. The molecule has 28 heavy (non-hydrogen) atoms. The Morgan fingerprint density at radius 3 is 2.79 bits per heavy atom. The average molecular weight is 369 g/mol. The Labute approximate surface area is 162 Å². The summed E-state index contributed by atoms with van der Waals surface area (Å²) in [5.41, 5.74) is 10.1. The van der Waals surface area contributed by atoms with Crippen LogP contribution in [0.4, 0.5) is 17.2 Å². The van der Waals surface area contributed by atoms with Crippen molar-refractivity contribution < 1.29 is 4.74 Å². The van der Waals surface area contributed by atoms with Gasteiger partial charge in [0.05, 0.1) is 0 Å². The van der Waals surface area contributed by atoms with Crippen LogP contribution in [0, 0.1) is 0 Å². The first kappa shape index (κ1) is 16.5. The highest BCUT2D eigenvalue weighted by molar-refractivity contribution is 5.85. The van der Waals surface area contributed by atoms with Crippen molar-refractivity contribution in [1.29, 1.82) is 0 Å². The number of pyridine rings is 1. The molecule has 0 spiro atoms. The standard InChI is InChI=1S/C22H19N5O/c23-19-21(27-13-5-9-15-6-1-2-10-17(15)27)25-14-26-22(19)28-18-11-3-7-16-8-4-12-24-20(16)18/h1-4,6-8,10-12,14H,5,9,13,23H2. The number of fused-ring (bicyclic) bond motifs is 2. The van der Waals surface area contributed by atoms with Crippen molar-refractivity contribution in [2.24, 2.45) is 0 Å². The van der Waals surface area contributed by atoms with Gasteiger partial charge in [-0.25, -0.2) is 4.98 Å². The number of ether oxygens (including phenoxy) is 1. The van der Waals surface area contributed by atoms with Crippen molar-refractivity contribution in [1.82, 2.24) is 15.0 Å². The highest BCUT2D eigenvalue weighted by atomic mass is 16.5. The first-order valence-electron chi connectivity index (χ1n) is 9.29. The summed E-state index contributed by atoms with van der Waals surface area (Å²) in [7, 11) is 0.